The minimum atomic E-state index is -0.113. The number of allylic oxidation sites excluding steroid dienone is 1. The molecular formula is C20H32O2. The predicted octanol–water partition coefficient (Wildman–Crippen LogP) is 3.92. The molecule has 2 N–H and O–H groups in total. The molecule has 22 heavy (non-hydrogen) atoms. The van der Waals surface area contributed by atoms with Crippen molar-refractivity contribution in [2.24, 2.45) is 34.5 Å². The Morgan fingerprint density at radius 2 is 1.86 bits per heavy atom. The van der Waals surface area contributed by atoms with Gasteiger partial charge in [0.2, 0.25) is 0 Å². The molecule has 0 radical (unpaired) electrons. The monoisotopic (exact) mass is 304 g/mol. The molecule has 0 aromatic rings. The van der Waals surface area contributed by atoms with Crippen LogP contribution in [0.2, 0.25) is 0 Å². The lowest BCUT2D eigenvalue weighted by molar-refractivity contribution is -0.0744. The van der Waals surface area contributed by atoms with Crippen LogP contribution in [0.4, 0.5) is 0 Å². The maximum Gasteiger partial charge on any atom is 0.0622 e. The summed E-state index contributed by atoms with van der Waals surface area (Å²) >= 11 is 0. The van der Waals surface area contributed by atoms with Crippen molar-refractivity contribution >= 4 is 0 Å². The van der Waals surface area contributed by atoms with E-state index in [1.807, 2.05) is 0 Å². The molecule has 0 aliphatic heterocycles. The van der Waals surface area contributed by atoms with Gasteiger partial charge in [0.05, 0.1) is 12.2 Å². The largest absolute Gasteiger partial charge is 0.393 e. The fourth-order valence-electron chi connectivity index (χ4n) is 6.98. The summed E-state index contributed by atoms with van der Waals surface area (Å²) in [6.07, 6.45) is 10.1. The van der Waals surface area contributed by atoms with Crippen molar-refractivity contribution in [1.82, 2.24) is 0 Å². The van der Waals surface area contributed by atoms with Crippen molar-refractivity contribution < 1.29 is 10.2 Å². The number of rotatable bonds is 0. The molecule has 0 bridgehead atoms. The zero-order valence-corrected chi connectivity index (χ0v) is 14.4. The van der Waals surface area contributed by atoms with Crippen LogP contribution in [0.15, 0.2) is 11.6 Å². The Morgan fingerprint density at radius 1 is 1.09 bits per heavy atom. The van der Waals surface area contributed by atoms with Crippen molar-refractivity contribution in [3.8, 4) is 0 Å². The van der Waals surface area contributed by atoms with Crippen LogP contribution in [0, 0.1) is 34.5 Å². The van der Waals surface area contributed by atoms with Gasteiger partial charge in [-0.15, -0.1) is 0 Å². The van der Waals surface area contributed by atoms with Crippen molar-refractivity contribution in [2.45, 2.75) is 77.9 Å². The van der Waals surface area contributed by atoms with Gasteiger partial charge in [-0.2, -0.15) is 0 Å². The summed E-state index contributed by atoms with van der Waals surface area (Å²) in [6, 6.07) is 0. The normalized spacial score (nSPS) is 57.6. The van der Waals surface area contributed by atoms with Gasteiger partial charge in [-0.05, 0) is 79.4 Å². The third kappa shape index (κ3) is 1.86. The maximum absolute atomic E-state index is 10.7. The first-order chi connectivity index (χ1) is 10.4. The van der Waals surface area contributed by atoms with Crippen molar-refractivity contribution in [2.75, 3.05) is 0 Å². The SMILES string of the molecule is CC1C[C@H]2[C@@H]3CC=C4CC(O)CC[C@]4(C)[C@H]3CC[C@]2(C)C1O. The summed E-state index contributed by atoms with van der Waals surface area (Å²) in [5.74, 6) is 2.68. The second kappa shape index (κ2) is 4.83. The molecule has 4 aliphatic carbocycles. The molecule has 2 heteroatoms. The quantitative estimate of drug-likeness (QED) is 0.666. The van der Waals surface area contributed by atoms with E-state index >= 15 is 0 Å². The third-order valence-electron chi connectivity index (χ3n) is 8.36. The maximum atomic E-state index is 10.7. The van der Waals surface area contributed by atoms with E-state index in [1.54, 1.807) is 5.57 Å². The van der Waals surface area contributed by atoms with Crippen LogP contribution in [0.5, 0.6) is 0 Å². The second-order valence-electron chi connectivity index (χ2n) is 9.36. The Morgan fingerprint density at radius 3 is 2.64 bits per heavy atom. The molecule has 0 amide bonds. The lowest BCUT2D eigenvalue weighted by atomic mass is 9.48. The van der Waals surface area contributed by atoms with E-state index in [2.05, 4.69) is 26.8 Å². The molecule has 3 fully saturated rings. The van der Waals surface area contributed by atoms with E-state index in [9.17, 15) is 10.2 Å². The zero-order valence-electron chi connectivity index (χ0n) is 14.4. The Labute approximate surface area is 135 Å². The van der Waals surface area contributed by atoms with Crippen molar-refractivity contribution in [1.29, 1.82) is 0 Å². The summed E-state index contributed by atoms with van der Waals surface area (Å²) in [7, 11) is 0. The van der Waals surface area contributed by atoms with Crippen LogP contribution in [-0.2, 0) is 0 Å². The first-order valence-electron chi connectivity index (χ1n) is 9.42. The molecule has 124 valence electrons. The summed E-state index contributed by atoms with van der Waals surface area (Å²) < 4.78 is 0. The minimum Gasteiger partial charge on any atom is -0.393 e. The van der Waals surface area contributed by atoms with E-state index < -0.39 is 0 Å². The van der Waals surface area contributed by atoms with Gasteiger partial charge in [0.1, 0.15) is 0 Å². The fraction of sp³-hybridized carbons (Fsp3) is 0.900. The van der Waals surface area contributed by atoms with Gasteiger partial charge in [0.15, 0.2) is 0 Å². The molecular weight excluding hydrogens is 272 g/mol. The predicted molar refractivity (Wildman–Crippen MR) is 88.3 cm³/mol. The number of hydrogen-bond donors (Lipinski definition) is 2. The molecule has 2 nitrogen and oxygen atoms in total. The zero-order chi connectivity index (χ0) is 15.7. The van der Waals surface area contributed by atoms with Gasteiger partial charge in [-0.25, -0.2) is 0 Å². The smallest absolute Gasteiger partial charge is 0.0622 e. The standard InChI is InChI=1S/C20H32O2/c1-12-10-17-15-5-4-13-11-14(21)6-8-19(13,2)16(15)7-9-20(17,3)18(12)22/h4,12,14-18,21-22H,5-11H2,1-3H3/t12?,14?,15-,16+,17+,18?,19+,20+/m1/s1. The molecule has 0 spiro atoms. The van der Waals surface area contributed by atoms with E-state index in [0.717, 1.165) is 31.1 Å². The number of aliphatic hydroxyl groups is 2. The van der Waals surface area contributed by atoms with Gasteiger partial charge in [0.25, 0.3) is 0 Å². The van der Waals surface area contributed by atoms with E-state index in [0.29, 0.717) is 17.3 Å². The van der Waals surface area contributed by atoms with Crippen molar-refractivity contribution in [3.05, 3.63) is 11.6 Å². The summed E-state index contributed by atoms with van der Waals surface area (Å²) in [5.41, 5.74) is 2.01. The Balaban J connectivity index is 1.68. The van der Waals surface area contributed by atoms with Crippen LogP contribution in [0.1, 0.15) is 65.7 Å². The van der Waals surface area contributed by atoms with Gasteiger partial charge < -0.3 is 10.2 Å². The molecule has 4 aliphatic rings. The van der Waals surface area contributed by atoms with Gasteiger partial charge in [-0.1, -0.05) is 32.4 Å². The summed E-state index contributed by atoms with van der Waals surface area (Å²) in [4.78, 5) is 0. The Hall–Kier alpha value is -0.340. The molecule has 0 heterocycles. The van der Waals surface area contributed by atoms with Crippen LogP contribution in [0.25, 0.3) is 0 Å². The summed E-state index contributed by atoms with van der Waals surface area (Å²) in [6.45, 7) is 7.07. The number of aliphatic hydroxyl groups excluding tert-OH is 2. The minimum absolute atomic E-state index is 0.107. The first-order valence-corrected chi connectivity index (χ1v) is 9.42. The fourth-order valence-corrected chi connectivity index (χ4v) is 6.98. The Bertz CT molecular complexity index is 498. The molecule has 8 atom stereocenters. The molecule has 0 aromatic heterocycles. The van der Waals surface area contributed by atoms with Gasteiger partial charge in [-0.3, -0.25) is 0 Å². The van der Waals surface area contributed by atoms with Crippen LogP contribution >= 0.6 is 0 Å². The highest BCUT2D eigenvalue weighted by Crippen LogP contribution is 2.65. The number of fused-ring (bicyclic) bond motifs is 5. The highest BCUT2D eigenvalue weighted by Gasteiger charge is 2.59. The molecule has 0 saturated heterocycles. The van der Waals surface area contributed by atoms with Crippen molar-refractivity contribution in [3.63, 3.8) is 0 Å². The second-order valence-corrected chi connectivity index (χ2v) is 9.36. The molecule has 4 rings (SSSR count). The first kappa shape index (κ1) is 15.2. The molecule has 3 unspecified atom stereocenters. The number of hydrogen-bond acceptors (Lipinski definition) is 2. The third-order valence-corrected chi connectivity index (χ3v) is 8.36. The molecule has 0 aromatic carbocycles. The van der Waals surface area contributed by atoms with Gasteiger partial charge in [0, 0.05) is 0 Å². The van der Waals surface area contributed by atoms with Crippen LogP contribution < -0.4 is 0 Å². The summed E-state index contributed by atoms with van der Waals surface area (Å²) in [5, 5.41) is 20.8. The topological polar surface area (TPSA) is 40.5 Å². The molecule has 3 saturated carbocycles. The van der Waals surface area contributed by atoms with E-state index in [4.69, 9.17) is 0 Å². The van der Waals surface area contributed by atoms with Crippen LogP contribution in [0.3, 0.4) is 0 Å². The highest BCUT2D eigenvalue weighted by atomic mass is 16.3. The lowest BCUT2D eigenvalue weighted by Crippen LogP contribution is -2.51. The average Bonchev–Trinajstić information content (AvgIpc) is 2.72. The Kier molecular flexibility index (Phi) is 3.34. The van der Waals surface area contributed by atoms with Gasteiger partial charge >= 0.3 is 0 Å². The highest BCUT2D eigenvalue weighted by molar-refractivity contribution is 5.25. The lowest BCUT2D eigenvalue weighted by Gasteiger charge is -2.57. The van der Waals surface area contributed by atoms with E-state index in [1.165, 1.54) is 25.7 Å². The van der Waals surface area contributed by atoms with E-state index in [-0.39, 0.29) is 17.6 Å². The van der Waals surface area contributed by atoms with Crippen LogP contribution in [-0.4, -0.2) is 22.4 Å². The average molecular weight is 304 g/mol.